The number of amides is 1. The first-order chi connectivity index (χ1) is 12.4. The number of ketones is 1. The van der Waals surface area contributed by atoms with Crippen LogP contribution in [0.5, 0.6) is 0 Å². The van der Waals surface area contributed by atoms with E-state index in [2.05, 4.69) is 10.3 Å². The molecule has 0 aliphatic heterocycles. The molecule has 26 heavy (non-hydrogen) atoms. The van der Waals surface area contributed by atoms with Crippen molar-refractivity contribution in [2.24, 2.45) is 0 Å². The van der Waals surface area contributed by atoms with Gasteiger partial charge in [0.05, 0.1) is 11.8 Å². The van der Waals surface area contributed by atoms with Gasteiger partial charge in [0.15, 0.2) is 11.4 Å². The monoisotopic (exact) mass is 388 g/mol. The first-order valence-corrected chi connectivity index (χ1v) is 9.38. The summed E-state index contributed by atoms with van der Waals surface area (Å²) in [6.45, 7) is 3.37. The van der Waals surface area contributed by atoms with Gasteiger partial charge < -0.3 is 9.73 Å². The second-order valence-corrected chi connectivity index (χ2v) is 7.21. The highest BCUT2D eigenvalue weighted by atomic mass is 35.5. The van der Waals surface area contributed by atoms with Gasteiger partial charge >= 0.3 is 0 Å². The Labute approximate surface area is 160 Å². The van der Waals surface area contributed by atoms with E-state index >= 15 is 0 Å². The number of nitrogens with zero attached hydrogens (tertiary/aromatic N) is 1. The van der Waals surface area contributed by atoms with Crippen molar-refractivity contribution in [1.82, 2.24) is 10.3 Å². The minimum atomic E-state index is -0.0994. The Morgan fingerprint density at radius 2 is 1.96 bits per heavy atom. The second-order valence-electron chi connectivity index (χ2n) is 5.85. The molecule has 0 saturated heterocycles. The SMILES string of the molecule is CC(=O)N[C@H](C)c1ccc(C(=O)CSc2nc3cc(Cl)ccc3o2)cc1. The predicted octanol–water partition coefficient (Wildman–Crippen LogP) is 4.65. The molecule has 1 heterocycles. The number of fused-ring (bicyclic) bond motifs is 1. The maximum absolute atomic E-state index is 12.4. The van der Waals surface area contributed by atoms with E-state index in [-0.39, 0.29) is 23.5 Å². The van der Waals surface area contributed by atoms with E-state index < -0.39 is 0 Å². The van der Waals surface area contributed by atoms with E-state index in [4.69, 9.17) is 16.0 Å². The van der Waals surface area contributed by atoms with Gasteiger partial charge in [-0.25, -0.2) is 4.98 Å². The van der Waals surface area contributed by atoms with Gasteiger partial charge in [-0.15, -0.1) is 0 Å². The molecule has 7 heteroatoms. The van der Waals surface area contributed by atoms with Crippen molar-refractivity contribution in [3.05, 3.63) is 58.6 Å². The first-order valence-electron chi connectivity index (χ1n) is 8.01. The van der Waals surface area contributed by atoms with Crippen molar-refractivity contribution in [3.63, 3.8) is 0 Å². The summed E-state index contributed by atoms with van der Waals surface area (Å²) < 4.78 is 5.60. The summed E-state index contributed by atoms with van der Waals surface area (Å²) in [5, 5.41) is 3.84. The fraction of sp³-hybridized carbons (Fsp3) is 0.211. The third-order valence-electron chi connectivity index (χ3n) is 3.81. The van der Waals surface area contributed by atoms with Gasteiger partial charge in [-0.05, 0) is 30.7 Å². The highest BCUT2D eigenvalue weighted by Crippen LogP contribution is 2.26. The lowest BCUT2D eigenvalue weighted by Crippen LogP contribution is -2.23. The van der Waals surface area contributed by atoms with E-state index in [1.807, 2.05) is 19.1 Å². The summed E-state index contributed by atoms with van der Waals surface area (Å²) in [5.41, 5.74) is 2.86. The van der Waals surface area contributed by atoms with Crippen LogP contribution >= 0.6 is 23.4 Å². The molecule has 5 nitrogen and oxygen atoms in total. The van der Waals surface area contributed by atoms with E-state index in [0.29, 0.717) is 26.9 Å². The van der Waals surface area contributed by atoms with Gasteiger partial charge in [0.2, 0.25) is 5.91 Å². The molecule has 0 spiro atoms. The number of rotatable bonds is 6. The number of Topliss-reactive ketones (excluding diaryl/α,β-unsaturated/α-hetero) is 1. The molecular weight excluding hydrogens is 372 g/mol. The normalized spacial score (nSPS) is 12.1. The zero-order valence-electron chi connectivity index (χ0n) is 14.3. The number of halogens is 1. The fourth-order valence-electron chi connectivity index (χ4n) is 2.50. The number of hydrogen-bond donors (Lipinski definition) is 1. The topological polar surface area (TPSA) is 72.2 Å². The number of thioether (sulfide) groups is 1. The maximum atomic E-state index is 12.4. The molecule has 0 radical (unpaired) electrons. The van der Waals surface area contributed by atoms with Crippen LogP contribution in [0.15, 0.2) is 52.1 Å². The molecule has 0 unspecified atom stereocenters. The molecule has 1 aromatic heterocycles. The molecule has 2 aromatic carbocycles. The van der Waals surface area contributed by atoms with E-state index in [9.17, 15) is 9.59 Å². The van der Waals surface area contributed by atoms with Crippen molar-refractivity contribution in [3.8, 4) is 0 Å². The van der Waals surface area contributed by atoms with Crippen LogP contribution in [0.4, 0.5) is 0 Å². The Balaban J connectivity index is 1.63. The molecule has 3 aromatic rings. The third kappa shape index (κ3) is 4.45. The molecule has 3 rings (SSSR count). The highest BCUT2D eigenvalue weighted by molar-refractivity contribution is 7.99. The van der Waals surface area contributed by atoms with Crippen molar-refractivity contribution in [2.75, 3.05) is 5.75 Å². The molecule has 1 atom stereocenters. The summed E-state index contributed by atoms with van der Waals surface area (Å²) in [5.74, 6) is 0.115. The molecule has 1 N–H and O–H groups in total. The molecule has 134 valence electrons. The van der Waals surface area contributed by atoms with Crippen LogP contribution in [-0.4, -0.2) is 22.4 Å². The summed E-state index contributed by atoms with van der Waals surface area (Å²) in [6, 6.07) is 12.3. The lowest BCUT2D eigenvalue weighted by Gasteiger charge is -2.13. The van der Waals surface area contributed by atoms with Crippen LogP contribution < -0.4 is 5.32 Å². The minimum absolute atomic E-state index is 0.0194. The van der Waals surface area contributed by atoms with Crippen LogP contribution in [0.2, 0.25) is 5.02 Å². The van der Waals surface area contributed by atoms with Crippen LogP contribution in [-0.2, 0) is 4.79 Å². The largest absolute Gasteiger partial charge is 0.431 e. The van der Waals surface area contributed by atoms with E-state index in [1.165, 1.54) is 18.7 Å². The number of carbonyl (C=O) groups excluding carboxylic acids is 2. The number of oxazole rings is 1. The Bertz CT molecular complexity index is 953. The highest BCUT2D eigenvalue weighted by Gasteiger charge is 2.12. The van der Waals surface area contributed by atoms with Crippen molar-refractivity contribution in [2.45, 2.75) is 25.1 Å². The number of carbonyl (C=O) groups is 2. The van der Waals surface area contributed by atoms with Crippen LogP contribution in [0.1, 0.15) is 35.8 Å². The van der Waals surface area contributed by atoms with Gasteiger partial charge in [-0.2, -0.15) is 0 Å². The molecule has 0 fully saturated rings. The number of benzene rings is 2. The van der Waals surface area contributed by atoms with Gasteiger partial charge in [0.1, 0.15) is 5.52 Å². The molecule has 0 aliphatic carbocycles. The van der Waals surface area contributed by atoms with Crippen molar-refractivity contribution >= 4 is 46.2 Å². The number of nitrogens with one attached hydrogen (secondary N) is 1. The van der Waals surface area contributed by atoms with Crippen LogP contribution in [0.25, 0.3) is 11.1 Å². The third-order valence-corrected chi connectivity index (χ3v) is 4.87. The van der Waals surface area contributed by atoms with Gasteiger partial charge in [0.25, 0.3) is 5.22 Å². The average molecular weight is 389 g/mol. The predicted molar refractivity (Wildman–Crippen MR) is 103 cm³/mol. The minimum Gasteiger partial charge on any atom is -0.431 e. The Kier molecular flexibility index (Phi) is 5.64. The van der Waals surface area contributed by atoms with Gasteiger partial charge in [-0.3, -0.25) is 9.59 Å². The number of hydrogen-bond acceptors (Lipinski definition) is 5. The number of aromatic nitrogens is 1. The van der Waals surface area contributed by atoms with E-state index in [0.717, 1.165) is 5.56 Å². The molecular formula is C19H17ClN2O3S. The Morgan fingerprint density at radius 1 is 1.23 bits per heavy atom. The zero-order chi connectivity index (χ0) is 18.7. The maximum Gasteiger partial charge on any atom is 0.257 e. The summed E-state index contributed by atoms with van der Waals surface area (Å²) in [7, 11) is 0. The smallest absolute Gasteiger partial charge is 0.257 e. The van der Waals surface area contributed by atoms with Crippen molar-refractivity contribution in [1.29, 1.82) is 0 Å². The Hall–Kier alpha value is -2.31. The molecule has 0 bridgehead atoms. The van der Waals surface area contributed by atoms with Crippen molar-refractivity contribution < 1.29 is 14.0 Å². The summed E-state index contributed by atoms with van der Waals surface area (Å²) in [6.07, 6.45) is 0. The van der Waals surface area contributed by atoms with Gasteiger partial charge in [-0.1, -0.05) is 47.6 Å². The second kappa shape index (κ2) is 7.93. The lowest BCUT2D eigenvalue weighted by molar-refractivity contribution is -0.119. The average Bonchev–Trinajstić information content (AvgIpc) is 3.01. The molecule has 0 aliphatic rings. The summed E-state index contributed by atoms with van der Waals surface area (Å²) >= 11 is 7.18. The quantitative estimate of drug-likeness (QED) is 0.491. The fourth-order valence-corrected chi connectivity index (χ4v) is 3.40. The zero-order valence-corrected chi connectivity index (χ0v) is 15.9. The standard InChI is InChI=1S/C19H17ClN2O3S/c1-11(21-12(2)23)13-3-5-14(6-4-13)17(24)10-26-19-22-16-9-15(20)7-8-18(16)25-19/h3-9,11H,10H2,1-2H3,(H,21,23)/t11-/m1/s1. The molecule has 1 amide bonds. The summed E-state index contributed by atoms with van der Waals surface area (Å²) in [4.78, 5) is 27.8. The van der Waals surface area contributed by atoms with E-state index in [1.54, 1.807) is 30.3 Å². The van der Waals surface area contributed by atoms with Crippen LogP contribution in [0.3, 0.4) is 0 Å². The van der Waals surface area contributed by atoms with Gasteiger partial charge in [0, 0.05) is 17.5 Å². The van der Waals surface area contributed by atoms with Crippen LogP contribution in [0, 0.1) is 0 Å². The first kappa shape index (κ1) is 18.5. The Morgan fingerprint density at radius 3 is 2.65 bits per heavy atom. The lowest BCUT2D eigenvalue weighted by atomic mass is 10.0. The molecule has 0 saturated carbocycles.